The summed E-state index contributed by atoms with van der Waals surface area (Å²) in [6, 6.07) is 19.1. The van der Waals surface area contributed by atoms with Gasteiger partial charge in [-0.15, -0.1) is 0 Å². The monoisotopic (exact) mass is 557 g/mol. The lowest BCUT2D eigenvalue weighted by molar-refractivity contribution is -0.140. The molecule has 0 bridgehead atoms. The number of hydrogen-bond acceptors (Lipinski definition) is 5. The molecule has 1 unspecified atom stereocenters. The number of rotatable bonds is 11. The maximum Gasteiger partial charge on any atom is 0.264 e. The van der Waals surface area contributed by atoms with Crippen LogP contribution in [0.5, 0.6) is 5.75 Å². The molecule has 3 rings (SSSR count). The molecule has 0 fully saturated rings. The summed E-state index contributed by atoms with van der Waals surface area (Å²) in [5.41, 5.74) is 1.93. The van der Waals surface area contributed by atoms with Crippen molar-refractivity contribution in [2.24, 2.45) is 0 Å². The van der Waals surface area contributed by atoms with E-state index in [0.29, 0.717) is 6.42 Å². The number of carbonyl (C=O) groups is 2. The van der Waals surface area contributed by atoms with Crippen LogP contribution in [-0.2, 0) is 26.2 Å². The van der Waals surface area contributed by atoms with Gasteiger partial charge >= 0.3 is 0 Å². The van der Waals surface area contributed by atoms with E-state index in [2.05, 4.69) is 5.32 Å². The SMILES string of the molecule is CCC(C(=O)NC)N(Cc1cccc(C)c1)C(=O)CN(c1cc(Cl)ccc1OC)S(=O)(=O)c1ccccc1. The zero-order chi connectivity index (χ0) is 27.9. The molecule has 38 heavy (non-hydrogen) atoms. The zero-order valence-electron chi connectivity index (χ0n) is 21.8. The molecule has 0 spiro atoms. The van der Waals surface area contributed by atoms with Gasteiger partial charge in [0, 0.05) is 18.6 Å². The molecule has 0 aromatic heterocycles. The van der Waals surface area contributed by atoms with E-state index in [0.717, 1.165) is 15.4 Å². The Balaban J connectivity index is 2.12. The van der Waals surface area contributed by atoms with E-state index in [1.165, 1.54) is 37.3 Å². The number of ether oxygens (including phenoxy) is 1. The average Bonchev–Trinajstić information content (AvgIpc) is 2.91. The lowest BCUT2D eigenvalue weighted by Crippen LogP contribution is -2.51. The molecular formula is C28H32ClN3O5S. The molecule has 0 aliphatic carbocycles. The van der Waals surface area contributed by atoms with Gasteiger partial charge in [-0.2, -0.15) is 0 Å². The molecule has 0 heterocycles. The van der Waals surface area contributed by atoms with Gasteiger partial charge < -0.3 is 15.0 Å². The van der Waals surface area contributed by atoms with Crippen molar-refractivity contribution in [3.05, 3.63) is 88.9 Å². The van der Waals surface area contributed by atoms with Gasteiger partial charge in [-0.3, -0.25) is 13.9 Å². The second-order valence-electron chi connectivity index (χ2n) is 8.69. The maximum atomic E-state index is 14.0. The lowest BCUT2D eigenvalue weighted by atomic mass is 10.1. The van der Waals surface area contributed by atoms with Crippen molar-refractivity contribution in [2.45, 2.75) is 37.8 Å². The summed E-state index contributed by atoms with van der Waals surface area (Å²) in [5, 5.41) is 2.89. The Morgan fingerprint density at radius 1 is 1.03 bits per heavy atom. The fourth-order valence-corrected chi connectivity index (χ4v) is 5.79. The minimum atomic E-state index is -4.22. The molecule has 3 aromatic rings. The van der Waals surface area contributed by atoms with E-state index in [-0.39, 0.29) is 33.8 Å². The summed E-state index contributed by atoms with van der Waals surface area (Å²) >= 11 is 6.24. The maximum absolute atomic E-state index is 14.0. The number of halogens is 1. The molecule has 10 heteroatoms. The van der Waals surface area contributed by atoms with E-state index < -0.39 is 28.5 Å². The van der Waals surface area contributed by atoms with E-state index in [1.54, 1.807) is 37.3 Å². The Labute approximate surface area is 229 Å². The second-order valence-corrected chi connectivity index (χ2v) is 11.0. The van der Waals surface area contributed by atoms with Crippen molar-refractivity contribution < 1.29 is 22.7 Å². The minimum Gasteiger partial charge on any atom is -0.495 e. The van der Waals surface area contributed by atoms with Gasteiger partial charge in [-0.25, -0.2) is 8.42 Å². The van der Waals surface area contributed by atoms with Gasteiger partial charge in [0.2, 0.25) is 11.8 Å². The standard InChI is InChI=1S/C28H32ClN3O5S/c1-5-24(28(34)30-3)31(18-21-11-9-10-20(2)16-21)27(33)19-32(25-17-22(29)14-15-26(25)37-4)38(35,36)23-12-7-6-8-13-23/h6-17,24H,5,18-19H2,1-4H3,(H,30,34). The summed E-state index contributed by atoms with van der Waals surface area (Å²) < 4.78 is 34.2. The van der Waals surface area contributed by atoms with Crippen LogP contribution in [-0.4, -0.2) is 51.9 Å². The molecule has 1 atom stereocenters. The number of hydrogen-bond donors (Lipinski definition) is 1. The van der Waals surface area contributed by atoms with Crippen molar-refractivity contribution in [1.82, 2.24) is 10.2 Å². The third-order valence-electron chi connectivity index (χ3n) is 6.09. The number of carbonyl (C=O) groups excluding carboxylic acids is 2. The molecule has 0 saturated carbocycles. The number of likely N-dealkylation sites (N-methyl/N-ethyl adjacent to an activating group) is 1. The van der Waals surface area contributed by atoms with Crippen LogP contribution in [0.25, 0.3) is 0 Å². The third-order valence-corrected chi connectivity index (χ3v) is 8.10. The number of anilines is 1. The summed E-state index contributed by atoms with van der Waals surface area (Å²) in [6.07, 6.45) is 0.336. The Morgan fingerprint density at radius 3 is 2.34 bits per heavy atom. The molecule has 0 aliphatic rings. The fourth-order valence-electron chi connectivity index (χ4n) is 4.18. The van der Waals surface area contributed by atoms with Crippen LogP contribution in [0.2, 0.25) is 5.02 Å². The van der Waals surface area contributed by atoms with E-state index in [4.69, 9.17) is 16.3 Å². The minimum absolute atomic E-state index is 0.00148. The Hall–Kier alpha value is -3.56. The highest BCUT2D eigenvalue weighted by molar-refractivity contribution is 7.92. The predicted octanol–water partition coefficient (Wildman–Crippen LogP) is 4.41. The zero-order valence-corrected chi connectivity index (χ0v) is 23.4. The van der Waals surface area contributed by atoms with E-state index in [1.807, 2.05) is 31.2 Å². The van der Waals surface area contributed by atoms with Gasteiger partial charge in [-0.05, 0) is 49.2 Å². The average molecular weight is 558 g/mol. The van der Waals surface area contributed by atoms with Gasteiger partial charge in [0.1, 0.15) is 18.3 Å². The van der Waals surface area contributed by atoms with Crippen LogP contribution >= 0.6 is 11.6 Å². The van der Waals surface area contributed by atoms with Crippen LogP contribution < -0.4 is 14.4 Å². The topological polar surface area (TPSA) is 96.0 Å². The number of amides is 2. The van der Waals surface area contributed by atoms with Crippen LogP contribution in [0.3, 0.4) is 0 Å². The first-order valence-electron chi connectivity index (χ1n) is 12.1. The number of sulfonamides is 1. The normalized spacial score (nSPS) is 11.9. The largest absolute Gasteiger partial charge is 0.495 e. The summed E-state index contributed by atoms with van der Waals surface area (Å²) in [6.45, 7) is 3.28. The number of methoxy groups -OCH3 is 1. The third kappa shape index (κ3) is 6.65. The van der Waals surface area contributed by atoms with Crippen molar-refractivity contribution in [1.29, 1.82) is 0 Å². The lowest BCUT2D eigenvalue weighted by Gasteiger charge is -2.33. The highest BCUT2D eigenvalue weighted by atomic mass is 35.5. The Kier molecular flexibility index (Phi) is 9.77. The predicted molar refractivity (Wildman–Crippen MR) is 149 cm³/mol. The smallest absolute Gasteiger partial charge is 0.264 e. The first-order valence-corrected chi connectivity index (χ1v) is 13.9. The van der Waals surface area contributed by atoms with E-state index in [9.17, 15) is 18.0 Å². The molecule has 0 radical (unpaired) electrons. The highest BCUT2D eigenvalue weighted by Crippen LogP contribution is 2.35. The molecule has 0 saturated heterocycles. The van der Waals surface area contributed by atoms with Crippen molar-refractivity contribution >= 4 is 39.1 Å². The molecule has 202 valence electrons. The quantitative estimate of drug-likeness (QED) is 0.377. The highest BCUT2D eigenvalue weighted by Gasteiger charge is 2.34. The van der Waals surface area contributed by atoms with E-state index >= 15 is 0 Å². The number of nitrogens with zero attached hydrogens (tertiary/aromatic N) is 2. The summed E-state index contributed by atoms with van der Waals surface area (Å²) in [5.74, 6) is -0.667. The summed E-state index contributed by atoms with van der Waals surface area (Å²) in [7, 11) is -1.31. The number of nitrogens with one attached hydrogen (secondary N) is 1. The molecule has 0 aliphatic heterocycles. The molecular weight excluding hydrogens is 526 g/mol. The number of benzene rings is 3. The van der Waals surface area contributed by atoms with Crippen molar-refractivity contribution in [3.63, 3.8) is 0 Å². The molecule has 2 amide bonds. The second kappa shape index (κ2) is 12.8. The van der Waals surface area contributed by atoms with Crippen LogP contribution in [0.1, 0.15) is 24.5 Å². The van der Waals surface area contributed by atoms with Gasteiger partial charge in [0.05, 0.1) is 17.7 Å². The first kappa shape index (κ1) is 29.0. The molecule has 3 aromatic carbocycles. The van der Waals surface area contributed by atoms with Gasteiger partial charge in [0.25, 0.3) is 10.0 Å². The Bertz CT molecular complexity index is 1380. The summed E-state index contributed by atoms with van der Waals surface area (Å²) in [4.78, 5) is 28.2. The molecule has 1 N–H and O–H groups in total. The number of aryl methyl sites for hydroxylation is 1. The first-order chi connectivity index (χ1) is 18.1. The van der Waals surface area contributed by atoms with Gasteiger partial charge in [-0.1, -0.05) is 66.6 Å². The van der Waals surface area contributed by atoms with Crippen molar-refractivity contribution in [2.75, 3.05) is 25.0 Å². The Morgan fingerprint density at radius 2 is 1.74 bits per heavy atom. The van der Waals surface area contributed by atoms with Gasteiger partial charge in [0.15, 0.2) is 0 Å². The molecule has 8 nitrogen and oxygen atoms in total. The van der Waals surface area contributed by atoms with Crippen LogP contribution in [0, 0.1) is 6.92 Å². The fraction of sp³-hybridized carbons (Fsp3) is 0.286. The van der Waals surface area contributed by atoms with Crippen molar-refractivity contribution in [3.8, 4) is 5.75 Å². The van der Waals surface area contributed by atoms with Crippen LogP contribution in [0.4, 0.5) is 5.69 Å². The van der Waals surface area contributed by atoms with Crippen LogP contribution in [0.15, 0.2) is 77.7 Å².